The highest BCUT2D eigenvalue weighted by Gasteiger charge is 2.20. The number of nitro benzene ring substituents is 1. The van der Waals surface area contributed by atoms with Crippen molar-refractivity contribution in [3.63, 3.8) is 0 Å². The number of aromatic nitrogens is 1. The highest BCUT2D eigenvalue weighted by Crippen LogP contribution is 2.33. The van der Waals surface area contributed by atoms with E-state index >= 15 is 0 Å². The fourth-order valence-electron chi connectivity index (χ4n) is 3.37. The molecule has 0 aliphatic carbocycles. The van der Waals surface area contributed by atoms with Crippen LogP contribution in [0.15, 0.2) is 59.1 Å². The molecule has 1 amide bonds. The lowest BCUT2D eigenvalue weighted by Gasteiger charge is -2.04. The van der Waals surface area contributed by atoms with Crippen molar-refractivity contribution in [3.05, 3.63) is 81.2 Å². The number of furan rings is 1. The second kappa shape index (κ2) is 8.53. The highest BCUT2D eigenvalue weighted by atomic mass is 35.5. The molecule has 0 bridgehead atoms. The largest absolute Gasteiger partial charge is 0.497 e. The Kier molecular flexibility index (Phi) is 5.64. The average molecular weight is 440 g/mol. The fourth-order valence-corrected chi connectivity index (χ4v) is 3.53. The molecule has 2 aromatic carbocycles. The summed E-state index contributed by atoms with van der Waals surface area (Å²) in [5.41, 5.74) is 2.09. The van der Waals surface area contributed by atoms with E-state index in [0.29, 0.717) is 13.0 Å². The van der Waals surface area contributed by atoms with Crippen molar-refractivity contribution in [1.29, 1.82) is 0 Å². The zero-order valence-electron chi connectivity index (χ0n) is 16.5. The van der Waals surface area contributed by atoms with Crippen molar-refractivity contribution in [2.24, 2.45) is 0 Å². The van der Waals surface area contributed by atoms with Gasteiger partial charge in [-0.15, -0.1) is 0 Å². The third kappa shape index (κ3) is 4.24. The molecule has 0 saturated carbocycles. The summed E-state index contributed by atoms with van der Waals surface area (Å²) in [5.74, 6) is 0.662. The lowest BCUT2D eigenvalue weighted by atomic mass is 10.1. The third-order valence-electron chi connectivity index (χ3n) is 4.91. The summed E-state index contributed by atoms with van der Waals surface area (Å²) in [6, 6.07) is 13.1. The number of methoxy groups -OCH3 is 1. The number of nitrogens with one attached hydrogen (secondary N) is 2. The molecule has 0 radical (unpaired) electrons. The van der Waals surface area contributed by atoms with E-state index in [2.05, 4.69) is 10.3 Å². The maximum absolute atomic E-state index is 12.5. The van der Waals surface area contributed by atoms with Crippen molar-refractivity contribution in [1.82, 2.24) is 10.3 Å². The Labute approximate surface area is 181 Å². The molecule has 4 aromatic rings. The summed E-state index contributed by atoms with van der Waals surface area (Å²) in [6.07, 6.45) is 2.52. The first-order chi connectivity index (χ1) is 15.0. The van der Waals surface area contributed by atoms with Gasteiger partial charge in [0.25, 0.3) is 11.6 Å². The van der Waals surface area contributed by atoms with Crippen LogP contribution in [0.4, 0.5) is 5.69 Å². The number of rotatable bonds is 7. The molecule has 8 nitrogen and oxygen atoms in total. The number of carbonyl (C=O) groups is 1. The van der Waals surface area contributed by atoms with Crippen molar-refractivity contribution >= 4 is 34.1 Å². The van der Waals surface area contributed by atoms with E-state index < -0.39 is 10.8 Å². The van der Waals surface area contributed by atoms with Crippen LogP contribution in [0.25, 0.3) is 22.2 Å². The molecule has 4 rings (SSSR count). The maximum atomic E-state index is 12.5. The van der Waals surface area contributed by atoms with Crippen LogP contribution in [-0.2, 0) is 6.42 Å². The summed E-state index contributed by atoms with van der Waals surface area (Å²) in [5, 5.41) is 15.4. The molecular weight excluding hydrogens is 422 g/mol. The summed E-state index contributed by atoms with van der Waals surface area (Å²) in [6.45, 7) is 0.398. The number of amides is 1. The molecule has 2 N–H and O–H groups in total. The summed E-state index contributed by atoms with van der Waals surface area (Å²) < 4.78 is 10.8. The second-order valence-corrected chi connectivity index (χ2v) is 7.25. The van der Waals surface area contributed by atoms with Gasteiger partial charge in [0.1, 0.15) is 11.5 Å². The number of fused-ring (bicyclic) bond motifs is 1. The molecule has 31 heavy (non-hydrogen) atoms. The van der Waals surface area contributed by atoms with Gasteiger partial charge in [-0.25, -0.2) is 0 Å². The highest BCUT2D eigenvalue weighted by molar-refractivity contribution is 6.30. The minimum absolute atomic E-state index is 0.0721. The Morgan fingerprint density at radius 3 is 2.84 bits per heavy atom. The summed E-state index contributed by atoms with van der Waals surface area (Å²) in [4.78, 5) is 26.4. The SMILES string of the molecule is COc1ccc2c(CCNC(=O)c3ccc(-c4ccc(Cl)cc4[N+](=O)[O-])o3)c[nH]c2c1. The lowest BCUT2D eigenvalue weighted by Crippen LogP contribution is -2.25. The van der Waals surface area contributed by atoms with Crippen LogP contribution in [0.2, 0.25) is 5.02 Å². The first kappa shape index (κ1) is 20.5. The van der Waals surface area contributed by atoms with Crippen molar-refractivity contribution in [2.45, 2.75) is 6.42 Å². The summed E-state index contributed by atoms with van der Waals surface area (Å²) in [7, 11) is 1.62. The van der Waals surface area contributed by atoms with E-state index in [0.717, 1.165) is 22.2 Å². The monoisotopic (exact) mass is 439 g/mol. The van der Waals surface area contributed by atoms with Crippen LogP contribution < -0.4 is 10.1 Å². The Morgan fingerprint density at radius 2 is 2.06 bits per heavy atom. The quantitative estimate of drug-likeness (QED) is 0.312. The third-order valence-corrected chi connectivity index (χ3v) is 5.14. The number of carbonyl (C=O) groups excluding carboxylic acids is 1. The maximum Gasteiger partial charge on any atom is 0.287 e. The van der Waals surface area contributed by atoms with E-state index in [4.69, 9.17) is 20.8 Å². The second-order valence-electron chi connectivity index (χ2n) is 6.81. The average Bonchev–Trinajstić information content (AvgIpc) is 3.41. The van der Waals surface area contributed by atoms with E-state index in [-0.39, 0.29) is 27.8 Å². The molecule has 2 heterocycles. The van der Waals surface area contributed by atoms with Crippen molar-refractivity contribution < 1.29 is 18.9 Å². The Hall–Kier alpha value is -3.78. The topological polar surface area (TPSA) is 110 Å². The Bertz CT molecular complexity index is 1280. The van der Waals surface area contributed by atoms with Gasteiger partial charge in [-0.05, 0) is 48.4 Å². The number of nitrogens with zero attached hydrogens (tertiary/aromatic N) is 1. The standard InChI is InChI=1S/C22H18ClN3O5/c1-30-15-3-5-16-13(12-25-18(16)11-15)8-9-24-22(27)21-7-6-20(31-21)17-4-2-14(23)10-19(17)26(28)29/h2-7,10-12,25H,8-9H2,1H3,(H,24,27). The number of benzene rings is 2. The molecule has 0 aliphatic heterocycles. The van der Waals surface area contributed by atoms with Gasteiger partial charge < -0.3 is 19.5 Å². The number of hydrogen-bond donors (Lipinski definition) is 2. The van der Waals surface area contributed by atoms with Gasteiger partial charge >= 0.3 is 0 Å². The van der Waals surface area contributed by atoms with E-state index in [1.807, 2.05) is 24.4 Å². The minimum atomic E-state index is -0.541. The van der Waals surface area contributed by atoms with Gasteiger partial charge in [-0.1, -0.05) is 11.6 Å². The van der Waals surface area contributed by atoms with Crippen LogP contribution >= 0.6 is 11.6 Å². The molecule has 2 aromatic heterocycles. The van der Waals surface area contributed by atoms with Crippen molar-refractivity contribution in [2.75, 3.05) is 13.7 Å². The molecule has 0 atom stereocenters. The molecule has 9 heteroatoms. The zero-order chi connectivity index (χ0) is 22.0. The van der Waals surface area contributed by atoms with Crippen LogP contribution in [0.3, 0.4) is 0 Å². The first-order valence-corrected chi connectivity index (χ1v) is 9.80. The number of ether oxygens (including phenoxy) is 1. The van der Waals surface area contributed by atoms with Gasteiger partial charge in [0, 0.05) is 40.8 Å². The molecule has 158 valence electrons. The number of hydrogen-bond acceptors (Lipinski definition) is 5. The van der Waals surface area contributed by atoms with Crippen LogP contribution in [-0.4, -0.2) is 29.5 Å². The molecule has 0 unspecified atom stereocenters. The van der Waals surface area contributed by atoms with Gasteiger partial charge in [0.05, 0.1) is 17.6 Å². The van der Waals surface area contributed by atoms with Crippen molar-refractivity contribution in [3.8, 4) is 17.1 Å². The van der Waals surface area contributed by atoms with Crippen LogP contribution in [0, 0.1) is 10.1 Å². The first-order valence-electron chi connectivity index (χ1n) is 9.42. The predicted octanol–water partition coefficient (Wildman–Crippen LogP) is 4.97. The van der Waals surface area contributed by atoms with Gasteiger partial charge in [-0.3, -0.25) is 14.9 Å². The van der Waals surface area contributed by atoms with Crippen LogP contribution in [0.5, 0.6) is 5.75 Å². The van der Waals surface area contributed by atoms with E-state index in [1.165, 1.54) is 30.3 Å². The van der Waals surface area contributed by atoms with E-state index in [1.54, 1.807) is 7.11 Å². The molecular formula is C22H18ClN3O5. The van der Waals surface area contributed by atoms with E-state index in [9.17, 15) is 14.9 Å². The number of nitro groups is 1. The fraction of sp³-hybridized carbons (Fsp3) is 0.136. The minimum Gasteiger partial charge on any atom is -0.497 e. The van der Waals surface area contributed by atoms with Gasteiger partial charge in [-0.2, -0.15) is 0 Å². The summed E-state index contributed by atoms with van der Waals surface area (Å²) >= 11 is 5.85. The Balaban J connectivity index is 1.43. The zero-order valence-corrected chi connectivity index (χ0v) is 17.2. The van der Waals surface area contributed by atoms with Gasteiger partial charge in [0.15, 0.2) is 5.76 Å². The normalized spacial score (nSPS) is 10.9. The molecule has 0 saturated heterocycles. The lowest BCUT2D eigenvalue weighted by molar-refractivity contribution is -0.384. The molecule has 0 aliphatic rings. The number of aromatic amines is 1. The Morgan fingerprint density at radius 1 is 1.23 bits per heavy atom. The molecule has 0 spiro atoms. The smallest absolute Gasteiger partial charge is 0.287 e. The number of H-pyrrole nitrogens is 1. The van der Waals surface area contributed by atoms with Crippen LogP contribution in [0.1, 0.15) is 16.1 Å². The predicted molar refractivity (Wildman–Crippen MR) is 117 cm³/mol. The molecule has 0 fully saturated rings. The van der Waals surface area contributed by atoms with Gasteiger partial charge in [0.2, 0.25) is 0 Å². The number of halogens is 1.